The largest absolute Gasteiger partial charge is 0.300 e. The van der Waals surface area contributed by atoms with E-state index in [2.05, 4.69) is 11.8 Å². The van der Waals surface area contributed by atoms with Crippen LogP contribution in [0.15, 0.2) is 0 Å². The second-order valence-corrected chi connectivity index (χ2v) is 8.14. The lowest BCUT2D eigenvalue weighted by molar-refractivity contribution is -0.117. The maximum atomic E-state index is 10.8. The van der Waals surface area contributed by atoms with E-state index in [9.17, 15) is 4.79 Å². The van der Waals surface area contributed by atoms with Crippen molar-refractivity contribution >= 4 is 29.3 Å². The van der Waals surface area contributed by atoms with Gasteiger partial charge in [0.1, 0.15) is 5.78 Å². The third-order valence-corrected chi connectivity index (χ3v) is 7.45. The van der Waals surface area contributed by atoms with Crippen molar-refractivity contribution in [2.45, 2.75) is 46.0 Å². The predicted octanol–water partition coefficient (Wildman–Crippen LogP) is 4.50. The zero-order valence-corrected chi connectivity index (χ0v) is 14.0. The summed E-state index contributed by atoms with van der Waals surface area (Å²) in [7, 11) is 0. The maximum Gasteiger partial charge on any atom is 0.133 e. The van der Waals surface area contributed by atoms with Crippen LogP contribution < -0.4 is 0 Å². The van der Waals surface area contributed by atoms with Crippen LogP contribution in [0.5, 0.6) is 0 Å². The average Bonchev–Trinajstić information content (AvgIpc) is 3.09. The molecule has 0 amide bonds. The second kappa shape index (κ2) is 7.97. The molecule has 2 saturated heterocycles. The fraction of sp³-hybridized carbons (Fsp3) is 0.938. The van der Waals surface area contributed by atoms with Gasteiger partial charge in [0.2, 0.25) is 0 Å². The van der Waals surface area contributed by atoms with E-state index >= 15 is 0 Å². The molecule has 4 rings (SSSR count). The van der Waals surface area contributed by atoms with Crippen molar-refractivity contribution in [3.63, 3.8) is 0 Å². The van der Waals surface area contributed by atoms with E-state index in [-0.39, 0.29) is 0 Å². The molecule has 0 radical (unpaired) electrons. The number of thioether (sulfide) groups is 2. The number of hydrogen-bond acceptors (Lipinski definition) is 3. The molecular weight excluding hydrogens is 272 g/mol. The summed E-state index contributed by atoms with van der Waals surface area (Å²) in [6, 6.07) is 0. The Morgan fingerprint density at radius 3 is 1.68 bits per heavy atom. The molecule has 2 aliphatic heterocycles. The fourth-order valence-corrected chi connectivity index (χ4v) is 6.83. The Hall–Kier alpha value is 0.370. The van der Waals surface area contributed by atoms with Crippen molar-refractivity contribution in [2.75, 3.05) is 23.0 Å². The smallest absolute Gasteiger partial charge is 0.133 e. The van der Waals surface area contributed by atoms with E-state index in [1.54, 1.807) is 0 Å². The minimum atomic E-state index is 0.505. The first-order chi connectivity index (χ1) is 9.33. The Labute approximate surface area is 127 Å². The van der Waals surface area contributed by atoms with E-state index in [1.165, 1.54) is 42.3 Å². The van der Waals surface area contributed by atoms with E-state index in [4.69, 9.17) is 0 Å². The lowest BCUT2D eigenvalue weighted by Crippen LogP contribution is -2.01. The minimum absolute atomic E-state index is 0.505. The monoisotopic (exact) mass is 300 g/mol. The zero-order chi connectivity index (χ0) is 13.7. The van der Waals surface area contributed by atoms with Gasteiger partial charge in [0, 0.05) is 12.8 Å². The summed E-state index contributed by atoms with van der Waals surface area (Å²) in [4.78, 5) is 10.8. The van der Waals surface area contributed by atoms with Gasteiger partial charge < -0.3 is 0 Å². The maximum absolute atomic E-state index is 10.8. The van der Waals surface area contributed by atoms with Crippen LogP contribution in [-0.4, -0.2) is 28.8 Å². The van der Waals surface area contributed by atoms with Gasteiger partial charge in [-0.25, -0.2) is 0 Å². The molecule has 4 unspecified atom stereocenters. The van der Waals surface area contributed by atoms with Crippen LogP contribution in [0.25, 0.3) is 0 Å². The molecule has 0 spiro atoms. The molecule has 2 saturated carbocycles. The summed E-state index contributed by atoms with van der Waals surface area (Å²) < 4.78 is 0. The summed E-state index contributed by atoms with van der Waals surface area (Å²) in [5.74, 6) is 9.76. The summed E-state index contributed by atoms with van der Waals surface area (Å²) >= 11 is 4.18. The number of fused-ring (bicyclic) bond motifs is 2. The van der Waals surface area contributed by atoms with Crippen LogP contribution in [-0.2, 0) is 4.79 Å². The third kappa shape index (κ3) is 4.17. The van der Waals surface area contributed by atoms with Crippen molar-refractivity contribution in [1.29, 1.82) is 0 Å². The van der Waals surface area contributed by atoms with Crippen LogP contribution in [0.2, 0.25) is 0 Å². The molecule has 3 heteroatoms. The highest BCUT2D eigenvalue weighted by atomic mass is 32.2. The topological polar surface area (TPSA) is 17.1 Å². The van der Waals surface area contributed by atoms with E-state index in [0.29, 0.717) is 5.78 Å². The van der Waals surface area contributed by atoms with Crippen LogP contribution in [0.1, 0.15) is 46.0 Å². The number of ketones is 1. The Morgan fingerprint density at radius 1 is 0.789 bits per heavy atom. The first-order valence-corrected chi connectivity index (χ1v) is 10.3. The van der Waals surface area contributed by atoms with Gasteiger partial charge in [-0.1, -0.05) is 20.3 Å². The van der Waals surface area contributed by atoms with E-state index in [1.807, 2.05) is 25.6 Å². The molecule has 4 aliphatic rings. The summed E-state index contributed by atoms with van der Waals surface area (Å²) in [6.07, 6.45) is 6.38. The van der Waals surface area contributed by atoms with Crippen LogP contribution in [0.4, 0.5) is 0 Å². The van der Waals surface area contributed by atoms with Crippen molar-refractivity contribution in [2.24, 2.45) is 23.7 Å². The summed E-state index contributed by atoms with van der Waals surface area (Å²) in [5.41, 5.74) is 0. The van der Waals surface area contributed by atoms with Gasteiger partial charge in [0.05, 0.1) is 0 Å². The lowest BCUT2D eigenvalue weighted by Gasteiger charge is -2.03. The SMILES string of the molecule is C1CC2CSCC2C1.CC.O=C1CC2CSCC2C1. The van der Waals surface area contributed by atoms with Crippen molar-refractivity contribution in [3.05, 3.63) is 0 Å². The molecule has 2 aliphatic carbocycles. The second-order valence-electron chi connectivity index (χ2n) is 5.99. The molecule has 19 heavy (non-hydrogen) atoms. The highest BCUT2D eigenvalue weighted by molar-refractivity contribution is 7.99. The van der Waals surface area contributed by atoms with Gasteiger partial charge >= 0.3 is 0 Å². The van der Waals surface area contributed by atoms with Gasteiger partial charge in [-0.05, 0) is 59.5 Å². The molecule has 0 bridgehead atoms. The summed E-state index contributed by atoms with van der Waals surface area (Å²) in [5, 5.41) is 0. The predicted molar refractivity (Wildman–Crippen MR) is 88.1 cm³/mol. The molecule has 0 aromatic heterocycles. The zero-order valence-electron chi connectivity index (χ0n) is 12.4. The van der Waals surface area contributed by atoms with Crippen molar-refractivity contribution in [3.8, 4) is 0 Å². The Kier molecular flexibility index (Phi) is 6.61. The standard InChI is InChI=1S/C7H10OS.C7H12S.C2H6/c8-7-1-5-3-9-4-6(5)2-7;1-2-6-4-8-5-7(6)3-1;1-2/h5-6H,1-4H2;6-7H,1-5H2;1-2H3. The number of carbonyl (C=O) groups is 1. The lowest BCUT2D eigenvalue weighted by atomic mass is 10.0. The molecule has 0 N–H and O–H groups in total. The average molecular weight is 301 g/mol. The molecule has 2 heterocycles. The molecule has 4 fully saturated rings. The quantitative estimate of drug-likeness (QED) is 0.655. The number of Topliss-reactive ketones (excluding diaryl/α,β-unsaturated/α-hetero) is 1. The summed E-state index contributed by atoms with van der Waals surface area (Å²) in [6.45, 7) is 4.00. The van der Waals surface area contributed by atoms with Crippen molar-refractivity contribution in [1.82, 2.24) is 0 Å². The number of hydrogen-bond donors (Lipinski definition) is 0. The van der Waals surface area contributed by atoms with Gasteiger partial charge in [0.15, 0.2) is 0 Å². The molecule has 4 atom stereocenters. The molecule has 0 aromatic rings. The van der Waals surface area contributed by atoms with Crippen LogP contribution >= 0.6 is 23.5 Å². The normalized spacial score (nSPS) is 38.9. The molecular formula is C16H28OS2. The number of rotatable bonds is 0. The molecule has 1 nitrogen and oxygen atoms in total. The van der Waals surface area contributed by atoms with Crippen molar-refractivity contribution < 1.29 is 4.79 Å². The first kappa shape index (κ1) is 15.8. The Balaban J connectivity index is 0.000000125. The molecule has 110 valence electrons. The van der Waals surface area contributed by atoms with Crippen LogP contribution in [0.3, 0.4) is 0 Å². The minimum Gasteiger partial charge on any atom is -0.300 e. The number of carbonyl (C=O) groups excluding carboxylic acids is 1. The Morgan fingerprint density at radius 2 is 1.21 bits per heavy atom. The highest BCUT2D eigenvalue weighted by Crippen LogP contribution is 2.41. The van der Waals surface area contributed by atoms with Gasteiger partial charge in [0.25, 0.3) is 0 Å². The highest BCUT2D eigenvalue weighted by Gasteiger charge is 2.36. The first-order valence-electron chi connectivity index (χ1n) is 8.00. The van der Waals surface area contributed by atoms with E-state index in [0.717, 1.165) is 36.5 Å². The van der Waals surface area contributed by atoms with E-state index < -0.39 is 0 Å². The van der Waals surface area contributed by atoms with Gasteiger partial charge in [-0.2, -0.15) is 23.5 Å². The third-order valence-electron chi connectivity index (χ3n) is 4.79. The molecule has 0 aromatic carbocycles. The Bertz CT molecular complexity index is 258. The fourth-order valence-electron chi connectivity index (χ4n) is 3.69. The van der Waals surface area contributed by atoms with Crippen LogP contribution in [0, 0.1) is 23.7 Å². The van der Waals surface area contributed by atoms with Gasteiger partial charge in [-0.3, -0.25) is 4.79 Å². The van der Waals surface area contributed by atoms with Gasteiger partial charge in [-0.15, -0.1) is 0 Å².